The van der Waals surface area contributed by atoms with Crippen molar-refractivity contribution in [3.05, 3.63) is 60.4 Å². The third-order valence-corrected chi connectivity index (χ3v) is 5.25. The smallest absolute Gasteiger partial charge is 0.548 e. The molecule has 0 unspecified atom stereocenters. The molecule has 1 amide bonds. The Hall–Kier alpha value is -1.93. The van der Waals surface area contributed by atoms with E-state index in [0.717, 1.165) is 25.7 Å². The van der Waals surface area contributed by atoms with E-state index in [1.165, 1.54) is 17.0 Å². The van der Waals surface area contributed by atoms with E-state index < -0.39 is 17.9 Å². The number of nitrogens with zero attached hydrogens (tertiary/aromatic N) is 1. The predicted octanol–water partition coefficient (Wildman–Crippen LogP) is 0.677. The second-order valence-electron chi connectivity index (χ2n) is 7.50. The van der Waals surface area contributed by atoms with Gasteiger partial charge in [0.15, 0.2) is 0 Å². The number of benzene rings is 2. The van der Waals surface area contributed by atoms with Crippen molar-refractivity contribution in [1.29, 1.82) is 0 Å². The van der Waals surface area contributed by atoms with Gasteiger partial charge in [0.1, 0.15) is 5.82 Å². The van der Waals surface area contributed by atoms with E-state index in [1.807, 2.05) is 6.07 Å². The van der Waals surface area contributed by atoms with Gasteiger partial charge in [-0.2, -0.15) is 0 Å². The van der Waals surface area contributed by atoms with Crippen LogP contribution in [0.2, 0.25) is 0 Å². The van der Waals surface area contributed by atoms with Gasteiger partial charge in [-0.3, -0.25) is 0 Å². The summed E-state index contributed by atoms with van der Waals surface area (Å²) in [6.45, 7) is 0.304. The fourth-order valence-electron chi connectivity index (χ4n) is 3.68. The molecule has 0 spiro atoms. The molecule has 0 aliphatic heterocycles. The van der Waals surface area contributed by atoms with Crippen LogP contribution in [0.15, 0.2) is 54.6 Å². The van der Waals surface area contributed by atoms with Gasteiger partial charge in [-0.25, -0.2) is 14.1 Å². The van der Waals surface area contributed by atoms with Crippen LogP contribution in [0.5, 0.6) is 0 Å². The predicted molar refractivity (Wildman–Crippen MR) is 108 cm³/mol. The zero-order valence-corrected chi connectivity index (χ0v) is 19.7. The molecule has 0 aromatic heterocycles. The summed E-state index contributed by atoms with van der Waals surface area (Å²) in [5.74, 6) is -1.10. The molecule has 1 saturated carbocycles. The molecule has 2 aromatic rings. The van der Waals surface area contributed by atoms with E-state index in [0.29, 0.717) is 23.9 Å². The first kappa shape index (κ1) is 25.3. The minimum atomic E-state index is -1.21. The van der Waals surface area contributed by atoms with Crippen molar-refractivity contribution in [3.63, 3.8) is 0 Å². The van der Waals surface area contributed by atoms with E-state index in [9.17, 15) is 19.1 Å². The van der Waals surface area contributed by atoms with E-state index >= 15 is 0 Å². The quantitative estimate of drug-likeness (QED) is 0.568. The van der Waals surface area contributed by atoms with Crippen molar-refractivity contribution in [2.45, 2.75) is 25.7 Å². The average molecular weight is 437 g/mol. The Labute approximate surface area is 203 Å². The summed E-state index contributed by atoms with van der Waals surface area (Å²) < 4.78 is 24.4. The first-order valence-corrected chi connectivity index (χ1v) is 10.1. The van der Waals surface area contributed by atoms with Gasteiger partial charge in [-0.05, 0) is 67.9 Å². The van der Waals surface area contributed by atoms with Crippen LogP contribution in [0.1, 0.15) is 25.7 Å². The number of hydrogen-bond donors (Lipinski definition) is 0. The molecule has 1 aliphatic carbocycles. The average Bonchev–Trinajstić information content (AvgIpc) is 2.74. The summed E-state index contributed by atoms with van der Waals surface area (Å²) in [7, 11) is 0. The molecule has 6 nitrogen and oxygen atoms in total. The Morgan fingerprint density at radius 2 is 1.55 bits per heavy atom. The van der Waals surface area contributed by atoms with Crippen LogP contribution in [0.3, 0.4) is 0 Å². The van der Waals surface area contributed by atoms with Crippen molar-refractivity contribution in [3.8, 4) is 0 Å². The molecule has 31 heavy (non-hydrogen) atoms. The SMILES string of the molecule is O=C([O-])COCC1CCC(COC(=O)N(c2ccccc2)c2cccc(F)c2)CC1.[Na+]. The molecule has 0 heterocycles. The first-order chi connectivity index (χ1) is 14.5. The largest absolute Gasteiger partial charge is 1.00 e. The van der Waals surface area contributed by atoms with E-state index in [-0.39, 0.29) is 48.7 Å². The van der Waals surface area contributed by atoms with Crippen LogP contribution in [-0.2, 0) is 14.3 Å². The van der Waals surface area contributed by atoms with Crippen LogP contribution in [0.25, 0.3) is 0 Å². The fraction of sp³-hybridized carbons (Fsp3) is 0.391. The van der Waals surface area contributed by atoms with Crippen molar-refractivity contribution in [1.82, 2.24) is 0 Å². The summed E-state index contributed by atoms with van der Waals surface area (Å²) in [6, 6.07) is 14.8. The molecule has 0 atom stereocenters. The van der Waals surface area contributed by atoms with Gasteiger partial charge in [0.05, 0.1) is 30.6 Å². The number of carbonyl (C=O) groups is 2. The Bertz CT molecular complexity index is 843. The normalized spacial score (nSPS) is 18.0. The Balaban J connectivity index is 0.00000341. The maximum absolute atomic E-state index is 13.7. The third-order valence-electron chi connectivity index (χ3n) is 5.25. The summed E-state index contributed by atoms with van der Waals surface area (Å²) in [4.78, 5) is 24.6. The van der Waals surface area contributed by atoms with Crippen LogP contribution in [0, 0.1) is 17.7 Å². The molecule has 160 valence electrons. The van der Waals surface area contributed by atoms with Gasteiger partial charge in [0.2, 0.25) is 0 Å². The Morgan fingerprint density at radius 1 is 0.935 bits per heavy atom. The molecule has 0 radical (unpaired) electrons. The van der Waals surface area contributed by atoms with Crippen molar-refractivity contribution in [2.24, 2.45) is 11.8 Å². The number of aliphatic carboxylic acids is 1. The van der Waals surface area contributed by atoms with Crippen molar-refractivity contribution < 1.29 is 58.1 Å². The molecular formula is C23H25FNNaO5. The monoisotopic (exact) mass is 437 g/mol. The standard InChI is InChI=1S/C23H26FNO5.Na/c24-19-5-4-8-21(13-19)25(20-6-2-1-3-7-20)23(28)30-15-18-11-9-17(10-12-18)14-29-16-22(26)27;/h1-8,13,17-18H,9-12,14-16H2,(H,26,27);/q;+1/p-1. The van der Waals surface area contributed by atoms with Crippen LogP contribution in [-0.4, -0.2) is 31.9 Å². The number of rotatable bonds is 8. The maximum Gasteiger partial charge on any atom is 1.00 e. The molecule has 8 heteroatoms. The fourth-order valence-corrected chi connectivity index (χ4v) is 3.68. The number of hydrogen-bond acceptors (Lipinski definition) is 5. The molecule has 1 aliphatic rings. The van der Waals surface area contributed by atoms with Crippen molar-refractivity contribution in [2.75, 3.05) is 24.7 Å². The number of ether oxygens (including phenoxy) is 2. The summed E-state index contributed by atoms with van der Waals surface area (Å²) in [5, 5.41) is 10.4. The molecule has 2 aromatic carbocycles. The number of carbonyl (C=O) groups excluding carboxylic acids is 2. The van der Waals surface area contributed by atoms with Gasteiger partial charge in [0, 0.05) is 6.61 Å². The number of amides is 1. The van der Waals surface area contributed by atoms with E-state index in [1.54, 1.807) is 36.4 Å². The maximum atomic E-state index is 13.7. The summed E-state index contributed by atoms with van der Waals surface area (Å²) >= 11 is 0. The van der Waals surface area contributed by atoms with Gasteiger partial charge < -0.3 is 19.4 Å². The third kappa shape index (κ3) is 7.92. The van der Waals surface area contributed by atoms with Gasteiger partial charge >= 0.3 is 35.7 Å². The molecular weight excluding hydrogens is 412 g/mol. The van der Waals surface area contributed by atoms with Crippen LogP contribution in [0.4, 0.5) is 20.6 Å². The summed E-state index contributed by atoms with van der Waals surface area (Å²) in [6.07, 6.45) is 2.98. The number of halogens is 1. The summed E-state index contributed by atoms with van der Waals surface area (Å²) in [5.41, 5.74) is 1.00. The topological polar surface area (TPSA) is 78.9 Å². The second-order valence-corrected chi connectivity index (χ2v) is 7.50. The number of carboxylic acids is 1. The zero-order valence-electron chi connectivity index (χ0n) is 17.7. The second kappa shape index (κ2) is 12.8. The molecule has 0 N–H and O–H groups in total. The first-order valence-electron chi connectivity index (χ1n) is 10.1. The van der Waals surface area contributed by atoms with Crippen LogP contribution < -0.4 is 39.6 Å². The number of carboxylic acid groups (broad SMARTS) is 1. The molecule has 0 bridgehead atoms. The van der Waals surface area contributed by atoms with Gasteiger partial charge in [-0.1, -0.05) is 24.3 Å². The Kier molecular flexibility index (Phi) is 10.5. The van der Waals surface area contributed by atoms with Gasteiger partial charge in [-0.15, -0.1) is 0 Å². The molecule has 3 rings (SSSR count). The van der Waals surface area contributed by atoms with E-state index in [2.05, 4.69) is 0 Å². The Morgan fingerprint density at radius 3 is 2.16 bits per heavy atom. The minimum absolute atomic E-state index is 0. The molecule has 0 saturated heterocycles. The number of para-hydroxylation sites is 1. The van der Waals surface area contributed by atoms with Crippen LogP contribution >= 0.6 is 0 Å². The van der Waals surface area contributed by atoms with Gasteiger partial charge in [0.25, 0.3) is 0 Å². The van der Waals surface area contributed by atoms with E-state index in [4.69, 9.17) is 9.47 Å². The van der Waals surface area contributed by atoms with Crippen molar-refractivity contribution >= 4 is 23.4 Å². The molecule has 1 fully saturated rings. The zero-order chi connectivity index (χ0) is 21.3. The number of anilines is 2. The minimum Gasteiger partial charge on any atom is -0.548 e.